The molecule has 108 valence electrons. The molecule has 7 heteroatoms. The van der Waals surface area contributed by atoms with E-state index in [4.69, 9.17) is 4.74 Å². The molecule has 4 nitrogen and oxygen atoms in total. The number of fused-ring (bicyclic) bond motifs is 2. The Morgan fingerprint density at radius 1 is 1.30 bits per heavy atom. The molecule has 0 saturated carbocycles. The lowest BCUT2D eigenvalue weighted by Gasteiger charge is -2.41. The van der Waals surface area contributed by atoms with E-state index in [1.54, 1.807) is 0 Å². The number of carbonyl (C=O) groups excluding carboxylic acids is 1. The highest BCUT2D eigenvalue weighted by molar-refractivity contribution is 5.89. The van der Waals surface area contributed by atoms with Gasteiger partial charge in [-0.1, -0.05) is 0 Å². The van der Waals surface area contributed by atoms with Crippen LogP contribution in [0, 0.1) is 0 Å². The monoisotopic (exact) mass is 286 g/mol. The molecule has 1 amide bonds. The van der Waals surface area contributed by atoms with Crippen LogP contribution in [0.3, 0.4) is 0 Å². The van der Waals surface area contributed by atoms with E-state index in [9.17, 15) is 18.0 Å². The number of halogens is 3. The van der Waals surface area contributed by atoms with Gasteiger partial charge >= 0.3 is 12.3 Å². The highest BCUT2D eigenvalue weighted by Crippen LogP contribution is 2.43. The van der Waals surface area contributed by atoms with E-state index in [1.165, 1.54) is 6.07 Å². The first kappa shape index (κ1) is 13.2. The predicted octanol–water partition coefficient (Wildman–Crippen LogP) is 2.85. The Labute approximate surface area is 113 Å². The first-order valence-corrected chi connectivity index (χ1v) is 6.33. The van der Waals surface area contributed by atoms with Crippen molar-refractivity contribution < 1.29 is 22.7 Å². The number of anilines is 1. The van der Waals surface area contributed by atoms with E-state index in [1.807, 2.05) is 0 Å². The van der Waals surface area contributed by atoms with Gasteiger partial charge in [-0.25, -0.2) is 4.79 Å². The number of amides is 1. The molecule has 1 saturated heterocycles. The lowest BCUT2D eigenvalue weighted by Crippen LogP contribution is -2.50. The number of hydrogen-bond donors (Lipinski definition) is 2. The van der Waals surface area contributed by atoms with E-state index in [0.717, 1.165) is 25.1 Å². The van der Waals surface area contributed by atoms with Crippen LogP contribution in [-0.4, -0.2) is 19.2 Å². The molecule has 2 aliphatic rings. The molecule has 1 atom stereocenters. The zero-order valence-corrected chi connectivity index (χ0v) is 10.5. The van der Waals surface area contributed by atoms with Crippen LogP contribution in [0.15, 0.2) is 18.2 Å². The SMILES string of the molecule is O=C1Nc2ccc(C(F)(F)F)cc2C2(CCCNC2)O1. The summed E-state index contributed by atoms with van der Waals surface area (Å²) in [5.74, 6) is 0. The fourth-order valence-corrected chi connectivity index (χ4v) is 2.77. The number of alkyl halides is 3. The van der Waals surface area contributed by atoms with Crippen LogP contribution in [0.25, 0.3) is 0 Å². The van der Waals surface area contributed by atoms with Crippen molar-refractivity contribution in [2.75, 3.05) is 18.4 Å². The van der Waals surface area contributed by atoms with Gasteiger partial charge in [0, 0.05) is 12.1 Å². The van der Waals surface area contributed by atoms with Crippen molar-refractivity contribution in [3.8, 4) is 0 Å². The van der Waals surface area contributed by atoms with Gasteiger partial charge in [-0.15, -0.1) is 0 Å². The third-order valence-corrected chi connectivity index (χ3v) is 3.71. The lowest BCUT2D eigenvalue weighted by atomic mass is 9.83. The Bertz CT molecular complexity index is 551. The molecule has 2 aliphatic heterocycles. The van der Waals surface area contributed by atoms with Crippen LogP contribution in [0.2, 0.25) is 0 Å². The average molecular weight is 286 g/mol. The number of hydrogen-bond acceptors (Lipinski definition) is 3. The van der Waals surface area contributed by atoms with Crippen LogP contribution in [0.4, 0.5) is 23.7 Å². The van der Waals surface area contributed by atoms with E-state index in [2.05, 4.69) is 10.6 Å². The summed E-state index contributed by atoms with van der Waals surface area (Å²) in [5.41, 5.74) is -0.963. The third kappa shape index (κ3) is 2.11. The van der Waals surface area contributed by atoms with Gasteiger partial charge in [-0.05, 0) is 37.6 Å². The second kappa shape index (κ2) is 4.37. The summed E-state index contributed by atoms with van der Waals surface area (Å²) in [6, 6.07) is 3.32. The molecule has 3 rings (SSSR count). The second-order valence-electron chi connectivity index (χ2n) is 5.05. The number of rotatable bonds is 0. The molecule has 20 heavy (non-hydrogen) atoms. The summed E-state index contributed by atoms with van der Waals surface area (Å²) in [4.78, 5) is 11.6. The smallest absolute Gasteiger partial charge is 0.416 e. The fourth-order valence-electron chi connectivity index (χ4n) is 2.77. The molecule has 2 N–H and O–H groups in total. The Morgan fingerprint density at radius 2 is 2.10 bits per heavy atom. The first-order valence-electron chi connectivity index (χ1n) is 6.33. The van der Waals surface area contributed by atoms with Gasteiger partial charge in [0.1, 0.15) is 0 Å². The Kier molecular flexibility index (Phi) is 2.89. The van der Waals surface area contributed by atoms with E-state index >= 15 is 0 Å². The lowest BCUT2D eigenvalue weighted by molar-refractivity contribution is -0.137. The maximum absolute atomic E-state index is 12.8. The zero-order chi connectivity index (χ0) is 14.4. The zero-order valence-electron chi connectivity index (χ0n) is 10.5. The van der Waals surface area contributed by atoms with Gasteiger partial charge < -0.3 is 10.1 Å². The van der Waals surface area contributed by atoms with Crippen LogP contribution < -0.4 is 10.6 Å². The molecule has 0 radical (unpaired) electrons. The highest BCUT2D eigenvalue weighted by Gasteiger charge is 2.44. The van der Waals surface area contributed by atoms with Crippen molar-refractivity contribution >= 4 is 11.8 Å². The van der Waals surface area contributed by atoms with Gasteiger partial charge in [0.2, 0.25) is 0 Å². The molecule has 1 aromatic rings. The minimum absolute atomic E-state index is 0.328. The normalized spacial score (nSPS) is 25.9. The largest absolute Gasteiger partial charge is 0.436 e. The second-order valence-corrected chi connectivity index (χ2v) is 5.05. The molecule has 1 unspecified atom stereocenters. The van der Waals surface area contributed by atoms with Gasteiger partial charge in [-0.3, -0.25) is 5.32 Å². The van der Waals surface area contributed by atoms with E-state index in [0.29, 0.717) is 24.2 Å². The third-order valence-electron chi connectivity index (χ3n) is 3.71. The molecular formula is C13H13F3N2O2. The van der Waals surface area contributed by atoms with Crippen molar-refractivity contribution in [1.29, 1.82) is 0 Å². The molecule has 1 aromatic carbocycles. The van der Waals surface area contributed by atoms with Crippen molar-refractivity contribution in [1.82, 2.24) is 5.32 Å². The quantitative estimate of drug-likeness (QED) is 0.771. The Hall–Kier alpha value is -1.76. The molecule has 0 aromatic heterocycles. The Morgan fingerprint density at radius 3 is 2.75 bits per heavy atom. The number of piperidine rings is 1. The van der Waals surface area contributed by atoms with E-state index < -0.39 is 23.4 Å². The van der Waals surface area contributed by atoms with Crippen molar-refractivity contribution in [2.45, 2.75) is 24.6 Å². The highest BCUT2D eigenvalue weighted by atomic mass is 19.4. The summed E-state index contributed by atoms with van der Waals surface area (Å²) >= 11 is 0. The maximum Gasteiger partial charge on any atom is 0.416 e. The van der Waals surface area contributed by atoms with Crippen LogP contribution >= 0.6 is 0 Å². The van der Waals surface area contributed by atoms with Crippen LogP contribution in [0.5, 0.6) is 0 Å². The Balaban J connectivity index is 2.11. The van der Waals surface area contributed by atoms with Gasteiger partial charge in [-0.2, -0.15) is 13.2 Å². The number of carbonyl (C=O) groups is 1. The van der Waals surface area contributed by atoms with Gasteiger partial charge in [0.05, 0.1) is 11.3 Å². The van der Waals surface area contributed by atoms with Crippen LogP contribution in [-0.2, 0) is 16.5 Å². The molecular weight excluding hydrogens is 273 g/mol. The summed E-state index contributed by atoms with van der Waals surface area (Å²) in [6.07, 6.45) is -3.79. The summed E-state index contributed by atoms with van der Waals surface area (Å²) < 4.78 is 43.9. The minimum Gasteiger partial charge on any atom is -0.436 e. The predicted molar refractivity (Wildman–Crippen MR) is 65.3 cm³/mol. The minimum atomic E-state index is -4.42. The standard InChI is InChI=1S/C13H13F3N2O2/c14-13(15,16)8-2-3-10-9(6-8)12(20-11(19)18-10)4-1-5-17-7-12/h2-3,6,17H,1,4-5,7H2,(H,18,19). The first-order chi connectivity index (χ1) is 9.41. The number of benzene rings is 1. The van der Waals surface area contributed by atoms with E-state index in [-0.39, 0.29) is 0 Å². The van der Waals surface area contributed by atoms with Crippen molar-refractivity contribution in [3.05, 3.63) is 29.3 Å². The molecule has 1 spiro atoms. The van der Waals surface area contributed by atoms with Crippen molar-refractivity contribution in [3.63, 3.8) is 0 Å². The molecule has 1 fully saturated rings. The number of ether oxygens (including phenoxy) is 1. The topological polar surface area (TPSA) is 50.4 Å². The molecule has 0 aliphatic carbocycles. The number of nitrogens with one attached hydrogen (secondary N) is 2. The summed E-state index contributed by atoms with van der Waals surface area (Å²) in [7, 11) is 0. The fraction of sp³-hybridized carbons (Fsp3) is 0.462. The van der Waals surface area contributed by atoms with Gasteiger partial charge in [0.15, 0.2) is 5.60 Å². The van der Waals surface area contributed by atoms with Crippen molar-refractivity contribution in [2.24, 2.45) is 0 Å². The summed E-state index contributed by atoms with van der Waals surface area (Å²) in [5, 5.41) is 5.53. The molecule has 0 bridgehead atoms. The van der Waals surface area contributed by atoms with Crippen LogP contribution in [0.1, 0.15) is 24.0 Å². The molecule has 2 heterocycles. The van der Waals surface area contributed by atoms with Gasteiger partial charge in [0.25, 0.3) is 0 Å². The summed E-state index contributed by atoms with van der Waals surface area (Å²) in [6.45, 7) is 1.09. The maximum atomic E-state index is 12.8. The average Bonchev–Trinajstić information content (AvgIpc) is 2.38.